The first-order valence-corrected chi connectivity index (χ1v) is 5.60. The molecule has 1 radical (unpaired) electrons. The van der Waals surface area contributed by atoms with Crippen molar-refractivity contribution in [1.82, 2.24) is 0 Å². The van der Waals surface area contributed by atoms with Crippen LogP contribution in [0.2, 0.25) is 0 Å². The summed E-state index contributed by atoms with van der Waals surface area (Å²) in [7, 11) is 0. The number of hydrogen-bond acceptors (Lipinski definition) is 0. The molecule has 0 bridgehead atoms. The van der Waals surface area contributed by atoms with Gasteiger partial charge in [0.1, 0.15) is 0 Å². The lowest BCUT2D eigenvalue weighted by Gasteiger charge is -2.17. The van der Waals surface area contributed by atoms with Crippen molar-refractivity contribution in [1.29, 1.82) is 0 Å². The molecule has 0 aromatic heterocycles. The van der Waals surface area contributed by atoms with Gasteiger partial charge < -0.3 is 0 Å². The molecule has 0 saturated heterocycles. The molecule has 0 N–H and O–H groups in total. The Hall–Kier alpha value is -0.260. The van der Waals surface area contributed by atoms with E-state index >= 15 is 0 Å². The van der Waals surface area contributed by atoms with E-state index in [4.69, 9.17) is 6.58 Å². The molecule has 0 nitrogen and oxygen atoms in total. The van der Waals surface area contributed by atoms with Crippen LogP contribution in [0, 0.1) is 12.0 Å². The van der Waals surface area contributed by atoms with Crippen LogP contribution in [-0.2, 0) is 0 Å². The molecule has 0 spiro atoms. The molecule has 0 saturated carbocycles. The van der Waals surface area contributed by atoms with Crippen molar-refractivity contribution in [2.24, 2.45) is 5.41 Å². The number of unbranched alkanes of at least 4 members (excludes halogenated alkanes) is 5. The van der Waals surface area contributed by atoms with Gasteiger partial charge in [0.25, 0.3) is 0 Å². The molecule has 0 atom stereocenters. The van der Waals surface area contributed by atoms with Crippen LogP contribution in [0.5, 0.6) is 0 Å². The molecule has 13 heavy (non-hydrogen) atoms. The van der Waals surface area contributed by atoms with Gasteiger partial charge in [0, 0.05) is 0 Å². The quantitative estimate of drug-likeness (QED) is 0.497. The maximum absolute atomic E-state index is 5.30. The summed E-state index contributed by atoms with van der Waals surface area (Å²) in [5, 5.41) is 0. The van der Waals surface area contributed by atoms with Crippen molar-refractivity contribution in [3.63, 3.8) is 0 Å². The van der Waals surface area contributed by atoms with Crippen molar-refractivity contribution in [2.45, 2.75) is 65.7 Å². The van der Waals surface area contributed by atoms with Crippen molar-refractivity contribution >= 4 is 0 Å². The van der Waals surface area contributed by atoms with Gasteiger partial charge >= 0.3 is 0 Å². The van der Waals surface area contributed by atoms with E-state index in [0.29, 0.717) is 5.41 Å². The molecule has 0 aromatic carbocycles. The van der Waals surface area contributed by atoms with Crippen LogP contribution >= 0.6 is 0 Å². The summed E-state index contributed by atoms with van der Waals surface area (Å²) in [6.07, 6.45) is 11.0. The Morgan fingerprint density at radius 2 is 1.46 bits per heavy atom. The zero-order chi connectivity index (χ0) is 10.2. The molecule has 0 aliphatic heterocycles. The standard InChI is InChI=1S/C13H25/c1-5-6-7-8-9-10-11-12-13(2,3)4/h1,5H,6-12H2,2-4H3. The fourth-order valence-electron chi connectivity index (χ4n) is 1.45. The molecule has 0 heterocycles. The molecule has 0 aliphatic rings. The zero-order valence-corrected chi connectivity index (χ0v) is 9.60. The topological polar surface area (TPSA) is 0 Å². The summed E-state index contributed by atoms with van der Waals surface area (Å²) in [6.45, 7) is 12.2. The average Bonchev–Trinajstić information content (AvgIpc) is 2.01. The Morgan fingerprint density at radius 3 is 2.00 bits per heavy atom. The molecule has 0 rings (SSSR count). The first kappa shape index (κ1) is 12.7. The lowest BCUT2D eigenvalue weighted by Crippen LogP contribution is -2.03. The Morgan fingerprint density at radius 1 is 0.923 bits per heavy atom. The van der Waals surface area contributed by atoms with E-state index in [1.165, 1.54) is 38.5 Å². The average molecular weight is 181 g/mol. The molecule has 0 fully saturated rings. The highest BCUT2D eigenvalue weighted by atomic mass is 14.1. The van der Waals surface area contributed by atoms with E-state index in [1.807, 2.05) is 0 Å². The maximum Gasteiger partial charge on any atom is -0.0348 e. The SMILES string of the molecule is [CH]=CCCCCCCCC(C)(C)C. The summed E-state index contributed by atoms with van der Waals surface area (Å²) < 4.78 is 0. The highest BCUT2D eigenvalue weighted by molar-refractivity contribution is 4.63. The van der Waals surface area contributed by atoms with E-state index in [-0.39, 0.29) is 0 Å². The molecule has 0 amide bonds. The Bertz CT molecular complexity index is 116. The van der Waals surface area contributed by atoms with E-state index in [2.05, 4.69) is 20.8 Å². The minimum atomic E-state index is 0.519. The van der Waals surface area contributed by atoms with Crippen LogP contribution in [-0.4, -0.2) is 0 Å². The second kappa shape index (κ2) is 7.17. The van der Waals surface area contributed by atoms with Crippen LogP contribution in [0.25, 0.3) is 0 Å². The molecule has 77 valence electrons. The highest BCUT2D eigenvalue weighted by Gasteiger charge is 2.08. The first-order chi connectivity index (χ1) is 6.06. The molecule has 0 unspecified atom stereocenters. The van der Waals surface area contributed by atoms with E-state index in [0.717, 1.165) is 6.42 Å². The van der Waals surface area contributed by atoms with Gasteiger partial charge in [-0.2, -0.15) is 0 Å². The van der Waals surface area contributed by atoms with Crippen molar-refractivity contribution in [2.75, 3.05) is 0 Å². The van der Waals surface area contributed by atoms with Gasteiger partial charge in [-0.15, -0.1) is 0 Å². The smallest absolute Gasteiger partial charge is 0.0348 e. The van der Waals surface area contributed by atoms with E-state index < -0.39 is 0 Å². The van der Waals surface area contributed by atoms with Gasteiger partial charge in [0.15, 0.2) is 0 Å². The van der Waals surface area contributed by atoms with Gasteiger partial charge in [-0.1, -0.05) is 59.1 Å². The van der Waals surface area contributed by atoms with Crippen molar-refractivity contribution < 1.29 is 0 Å². The monoisotopic (exact) mass is 181 g/mol. The van der Waals surface area contributed by atoms with Gasteiger partial charge in [-0.3, -0.25) is 0 Å². The summed E-state index contributed by atoms with van der Waals surface area (Å²) >= 11 is 0. The third-order valence-corrected chi connectivity index (χ3v) is 2.30. The van der Waals surface area contributed by atoms with Crippen LogP contribution in [0.3, 0.4) is 0 Å². The fourth-order valence-corrected chi connectivity index (χ4v) is 1.45. The number of rotatable bonds is 7. The number of allylic oxidation sites excluding steroid dienone is 1. The van der Waals surface area contributed by atoms with Crippen LogP contribution in [0.15, 0.2) is 6.08 Å². The highest BCUT2D eigenvalue weighted by Crippen LogP contribution is 2.22. The van der Waals surface area contributed by atoms with Gasteiger partial charge in [0.2, 0.25) is 0 Å². The molecule has 0 aromatic rings. The van der Waals surface area contributed by atoms with Crippen LogP contribution in [0.4, 0.5) is 0 Å². The second-order valence-electron chi connectivity index (χ2n) is 5.10. The molecule has 0 heteroatoms. The molecular formula is C13H25. The third-order valence-electron chi connectivity index (χ3n) is 2.30. The minimum Gasteiger partial charge on any atom is -0.0845 e. The van der Waals surface area contributed by atoms with Crippen molar-refractivity contribution in [3.05, 3.63) is 12.7 Å². The normalized spacial score (nSPS) is 11.6. The van der Waals surface area contributed by atoms with Crippen molar-refractivity contribution in [3.8, 4) is 0 Å². The fraction of sp³-hybridized carbons (Fsp3) is 0.846. The number of hydrogen-bond donors (Lipinski definition) is 0. The van der Waals surface area contributed by atoms with Crippen LogP contribution in [0.1, 0.15) is 65.7 Å². The second-order valence-corrected chi connectivity index (χ2v) is 5.10. The minimum absolute atomic E-state index is 0.519. The predicted molar refractivity (Wildman–Crippen MR) is 60.6 cm³/mol. The zero-order valence-electron chi connectivity index (χ0n) is 9.60. The summed E-state index contributed by atoms with van der Waals surface area (Å²) in [4.78, 5) is 0. The molecular weight excluding hydrogens is 156 g/mol. The first-order valence-electron chi connectivity index (χ1n) is 5.60. The lowest BCUT2D eigenvalue weighted by molar-refractivity contribution is 0.356. The summed E-state index contributed by atoms with van der Waals surface area (Å²) in [6, 6.07) is 0. The van der Waals surface area contributed by atoms with E-state index in [1.54, 1.807) is 6.08 Å². The maximum atomic E-state index is 5.30. The van der Waals surface area contributed by atoms with Crippen LogP contribution < -0.4 is 0 Å². The summed E-state index contributed by atoms with van der Waals surface area (Å²) in [5.74, 6) is 0. The molecule has 0 aliphatic carbocycles. The summed E-state index contributed by atoms with van der Waals surface area (Å²) in [5.41, 5.74) is 0.519. The Balaban J connectivity index is 3.04. The van der Waals surface area contributed by atoms with E-state index in [9.17, 15) is 0 Å². The Kier molecular flexibility index (Phi) is 7.03. The Labute approximate surface area is 84.4 Å². The predicted octanol–water partition coefficient (Wildman–Crippen LogP) is 4.75. The van der Waals surface area contributed by atoms with Gasteiger partial charge in [-0.25, -0.2) is 0 Å². The van der Waals surface area contributed by atoms with Gasteiger partial charge in [-0.05, 0) is 24.7 Å². The lowest BCUT2D eigenvalue weighted by atomic mass is 9.89. The van der Waals surface area contributed by atoms with Gasteiger partial charge in [0.05, 0.1) is 0 Å². The third kappa shape index (κ3) is 11.7. The largest absolute Gasteiger partial charge is 0.0845 e.